The molecule has 0 spiro atoms. The Hall–Kier alpha value is -5.97. The van der Waals surface area contributed by atoms with Crippen molar-refractivity contribution < 1.29 is 44.0 Å². The van der Waals surface area contributed by atoms with E-state index < -0.39 is 24.0 Å². The van der Waals surface area contributed by atoms with Crippen LogP contribution in [-0.2, 0) is 17.6 Å². The van der Waals surface area contributed by atoms with Gasteiger partial charge in [-0.25, -0.2) is 19.2 Å². The first-order chi connectivity index (χ1) is 23.5. The highest BCUT2D eigenvalue weighted by Gasteiger charge is 2.29. The van der Waals surface area contributed by atoms with Crippen LogP contribution < -0.4 is 10.6 Å². The van der Waals surface area contributed by atoms with Crippen LogP contribution in [0.25, 0.3) is 11.1 Å². The van der Waals surface area contributed by atoms with E-state index in [1.165, 1.54) is 41.5 Å². The second kappa shape index (κ2) is 16.7. The number of ether oxygens (including phenoxy) is 1. The molecule has 1 aliphatic carbocycles. The minimum Gasteiger partial charge on any atom is -0.478 e. The molecule has 0 atom stereocenters. The molecule has 0 bridgehead atoms. The van der Waals surface area contributed by atoms with Gasteiger partial charge < -0.3 is 30.7 Å². The Kier molecular flexibility index (Phi) is 12.3. The van der Waals surface area contributed by atoms with E-state index in [1.54, 1.807) is 13.0 Å². The van der Waals surface area contributed by atoms with Crippen LogP contribution in [0.2, 0.25) is 0 Å². The summed E-state index contributed by atoms with van der Waals surface area (Å²) in [5, 5.41) is 32.2. The smallest absolute Gasteiger partial charge is 0.407 e. The first-order valence-corrected chi connectivity index (χ1v) is 15.9. The third kappa shape index (κ3) is 8.89. The molecule has 49 heavy (non-hydrogen) atoms. The molecule has 0 saturated carbocycles. The Balaban J connectivity index is 0.000000324. The molecule has 5 rings (SSSR count). The van der Waals surface area contributed by atoms with Gasteiger partial charge in [0.1, 0.15) is 6.61 Å². The quantitative estimate of drug-likeness (QED) is 0.109. The minimum atomic E-state index is -1.04. The number of carboxylic acid groups (broad SMARTS) is 3. The maximum atomic E-state index is 12.4. The maximum Gasteiger partial charge on any atom is 0.407 e. The number of benzene rings is 4. The van der Waals surface area contributed by atoms with Gasteiger partial charge in [-0.15, -0.1) is 0 Å². The fourth-order valence-corrected chi connectivity index (χ4v) is 5.70. The van der Waals surface area contributed by atoms with Crippen molar-refractivity contribution in [3.05, 3.63) is 129 Å². The average molecular weight is 667 g/mol. The number of hydrogen-bond donors (Lipinski definition) is 5. The molecule has 0 aliphatic heterocycles. The van der Waals surface area contributed by atoms with Gasteiger partial charge in [0.2, 0.25) is 0 Å². The van der Waals surface area contributed by atoms with Crippen molar-refractivity contribution in [2.75, 3.05) is 19.7 Å². The van der Waals surface area contributed by atoms with Gasteiger partial charge in [-0.05, 0) is 89.0 Å². The average Bonchev–Trinajstić information content (AvgIpc) is 3.43. The topological polar surface area (TPSA) is 179 Å². The van der Waals surface area contributed by atoms with Crippen molar-refractivity contribution in [3.63, 3.8) is 0 Å². The second-order valence-electron chi connectivity index (χ2n) is 11.2. The summed E-state index contributed by atoms with van der Waals surface area (Å²) >= 11 is 0. The number of carbonyl (C=O) groups excluding carboxylic acids is 2. The number of aromatic carboxylic acids is 3. The number of fused-ring (bicyclic) bond motifs is 3. The van der Waals surface area contributed by atoms with Crippen molar-refractivity contribution in [3.8, 4) is 11.1 Å². The molecule has 0 saturated heterocycles. The lowest BCUT2D eigenvalue weighted by atomic mass is 9.98. The molecule has 0 aromatic heterocycles. The normalized spacial score (nSPS) is 11.3. The van der Waals surface area contributed by atoms with Gasteiger partial charge in [-0.2, -0.15) is 0 Å². The van der Waals surface area contributed by atoms with Crippen molar-refractivity contribution in [2.24, 2.45) is 0 Å². The van der Waals surface area contributed by atoms with Gasteiger partial charge in [-0.1, -0.05) is 62.4 Å². The van der Waals surface area contributed by atoms with Crippen LogP contribution >= 0.6 is 0 Å². The first kappa shape index (κ1) is 35.9. The highest BCUT2D eigenvalue weighted by Crippen LogP contribution is 2.44. The Labute approximate surface area is 283 Å². The molecule has 5 N–H and O–H groups in total. The third-order valence-corrected chi connectivity index (χ3v) is 8.19. The zero-order chi connectivity index (χ0) is 35.5. The number of carbonyl (C=O) groups is 5. The third-order valence-electron chi connectivity index (χ3n) is 8.19. The van der Waals surface area contributed by atoms with Crippen LogP contribution in [0.5, 0.6) is 0 Å². The molecule has 0 unspecified atom stereocenters. The highest BCUT2D eigenvalue weighted by molar-refractivity contribution is 5.97. The van der Waals surface area contributed by atoms with Crippen LogP contribution in [-0.4, -0.2) is 64.9 Å². The van der Waals surface area contributed by atoms with Gasteiger partial charge in [0.25, 0.3) is 5.91 Å². The predicted molar refractivity (Wildman–Crippen MR) is 183 cm³/mol. The molecule has 254 valence electrons. The van der Waals surface area contributed by atoms with Crippen LogP contribution in [0.4, 0.5) is 4.79 Å². The van der Waals surface area contributed by atoms with Crippen LogP contribution in [0, 0.1) is 0 Å². The van der Waals surface area contributed by atoms with Crippen LogP contribution in [0.15, 0.2) is 84.9 Å². The van der Waals surface area contributed by atoms with E-state index in [9.17, 15) is 29.1 Å². The van der Waals surface area contributed by atoms with Gasteiger partial charge in [0.15, 0.2) is 0 Å². The lowest BCUT2D eigenvalue weighted by Gasteiger charge is -2.14. The van der Waals surface area contributed by atoms with Crippen LogP contribution in [0.1, 0.15) is 89.9 Å². The van der Waals surface area contributed by atoms with Crippen molar-refractivity contribution >= 4 is 29.9 Å². The van der Waals surface area contributed by atoms with Crippen molar-refractivity contribution in [2.45, 2.75) is 39.0 Å². The minimum absolute atomic E-state index is 0.00738. The molecule has 0 heterocycles. The first-order valence-electron chi connectivity index (χ1n) is 15.9. The number of carboxylic acids is 3. The molecule has 4 aromatic carbocycles. The lowest BCUT2D eigenvalue weighted by Crippen LogP contribution is -2.31. The van der Waals surface area contributed by atoms with E-state index in [-0.39, 0.29) is 35.1 Å². The van der Waals surface area contributed by atoms with E-state index >= 15 is 0 Å². The number of rotatable bonds is 12. The second-order valence-corrected chi connectivity index (χ2v) is 11.2. The van der Waals surface area contributed by atoms with E-state index in [0.29, 0.717) is 49.0 Å². The number of hydrogen-bond acceptors (Lipinski definition) is 6. The monoisotopic (exact) mass is 666 g/mol. The summed E-state index contributed by atoms with van der Waals surface area (Å²) in [6, 6.07) is 24.9. The largest absolute Gasteiger partial charge is 0.478 e. The van der Waals surface area contributed by atoms with Gasteiger partial charge >= 0.3 is 24.0 Å². The van der Waals surface area contributed by atoms with Gasteiger partial charge in [-0.3, -0.25) is 4.79 Å². The summed E-state index contributed by atoms with van der Waals surface area (Å²) in [7, 11) is 0. The van der Waals surface area contributed by atoms with E-state index in [1.807, 2.05) is 31.2 Å². The number of nitrogens with one attached hydrogen (secondary N) is 2. The lowest BCUT2D eigenvalue weighted by molar-refractivity contribution is 0.0680. The molecule has 11 nitrogen and oxygen atoms in total. The summed E-state index contributed by atoms with van der Waals surface area (Å²) in [6.45, 7) is 4.61. The molecule has 0 fully saturated rings. The summed E-state index contributed by atoms with van der Waals surface area (Å²) in [6.07, 6.45) is 1.06. The molecular weight excluding hydrogens is 628 g/mol. The molecular formula is C38H38N2O9. The van der Waals surface area contributed by atoms with Gasteiger partial charge in [0, 0.05) is 24.6 Å². The molecule has 4 aromatic rings. The maximum absolute atomic E-state index is 12.4. The summed E-state index contributed by atoms with van der Waals surface area (Å²) in [5.41, 5.74) is 6.73. The molecule has 11 heteroatoms. The standard InChI is InChI=1S/C28H28N2O5.C10H10O4/c1-2-18-16-19(12-13-20(18)27(32)33)26(31)29-14-7-15-30-28(34)35-17-25-23-10-5-3-8-21(23)22-9-4-6-11-24(22)25;1-2-6-5-7(9(11)12)3-4-8(6)10(13)14/h3-6,8-13,16,25H,2,7,14-15,17H2,1H3,(H,29,31)(H,30,34)(H,32,33);3-5H,2H2,1H3,(H,11,12)(H,13,14). The Bertz CT molecular complexity index is 1820. The molecule has 1 aliphatic rings. The fraction of sp³-hybridized carbons (Fsp3) is 0.237. The molecule has 0 radical (unpaired) electrons. The number of aryl methyl sites for hydroxylation is 2. The van der Waals surface area contributed by atoms with E-state index in [0.717, 1.165) is 11.1 Å². The number of alkyl carbamates (subject to hydrolysis) is 1. The van der Waals surface area contributed by atoms with Crippen molar-refractivity contribution in [1.82, 2.24) is 10.6 Å². The van der Waals surface area contributed by atoms with Gasteiger partial charge in [0.05, 0.1) is 16.7 Å². The predicted octanol–water partition coefficient (Wildman–Crippen LogP) is 6.25. The SMILES string of the molecule is CCc1cc(C(=O)NCCCNC(=O)OCC2c3ccccc3-c3ccccc32)ccc1C(=O)O.CCc1cc(C(=O)O)ccc1C(=O)O. The van der Waals surface area contributed by atoms with Crippen LogP contribution in [0.3, 0.4) is 0 Å². The van der Waals surface area contributed by atoms with E-state index in [2.05, 4.69) is 34.9 Å². The van der Waals surface area contributed by atoms with Crippen molar-refractivity contribution in [1.29, 1.82) is 0 Å². The molecule has 2 amide bonds. The zero-order valence-corrected chi connectivity index (χ0v) is 27.2. The summed E-state index contributed by atoms with van der Waals surface area (Å²) < 4.78 is 5.51. The number of amides is 2. The highest BCUT2D eigenvalue weighted by atomic mass is 16.5. The summed E-state index contributed by atoms with van der Waals surface area (Å²) in [4.78, 5) is 57.2. The Morgan fingerprint density at radius 1 is 0.633 bits per heavy atom. The Morgan fingerprint density at radius 2 is 1.12 bits per heavy atom. The fourth-order valence-electron chi connectivity index (χ4n) is 5.70. The summed E-state index contributed by atoms with van der Waals surface area (Å²) in [5.74, 6) is -3.35. The Morgan fingerprint density at radius 3 is 1.63 bits per heavy atom. The van der Waals surface area contributed by atoms with E-state index in [4.69, 9.17) is 14.9 Å². The zero-order valence-electron chi connectivity index (χ0n) is 27.2.